The van der Waals surface area contributed by atoms with Gasteiger partial charge in [0.1, 0.15) is 0 Å². The van der Waals surface area contributed by atoms with Crippen LogP contribution in [0.25, 0.3) is 0 Å². The maximum atomic E-state index is 13.1. The van der Waals surface area contributed by atoms with Crippen molar-refractivity contribution in [3.8, 4) is 0 Å². The minimum atomic E-state index is -0.282. The molecular weight excluding hydrogens is 349 g/mol. The third kappa shape index (κ3) is 4.76. The molecule has 0 bridgehead atoms. The minimum absolute atomic E-state index is 0. The quantitative estimate of drug-likeness (QED) is 0.807. The molecule has 3 fully saturated rings. The monoisotopic (exact) mass is 381 g/mol. The van der Waals surface area contributed by atoms with Gasteiger partial charge in [0.05, 0.1) is 12.0 Å². The number of halogens is 2. The Balaban J connectivity index is 0.00000144. The molecule has 0 atom stereocenters. The predicted octanol–water partition coefficient (Wildman–Crippen LogP) is 1.93. The molecule has 2 saturated heterocycles. The number of carbonyl (C=O) groups excluding carboxylic acids is 1. The van der Waals surface area contributed by atoms with E-state index in [1.807, 2.05) is 0 Å². The van der Waals surface area contributed by atoms with Crippen LogP contribution in [0.5, 0.6) is 0 Å². The highest BCUT2D eigenvalue weighted by atomic mass is 35.5. The Morgan fingerprint density at radius 3 is 2.21 bits per heavy atom. The average Bonchev–Trinajstić information content (AvgIpc) is 3.10. The summed E-state index contributed by atoms with van der Waals surface area (Å²) in [5, 5.41) is 3.37. The average molecular weight is 382 g/mol. The second-order valence-electron chi connectivity index (χ2n) is 7.23. The number of piperazine rings is 1. The molecule has 3 aliphatic rings. The lowest BCUT2D eigenvalue weighted by molar-refractivity contribution is -0.149. The van der Waals surface area contributed by atoms with Crippen molar-refractivity contribution in [2.75, 3.05) is 53.0 Å². The van der Waals surface area contributed by atoms with Gasteiger partial charge in [-0.05, 0) is 38.8 Å². The Morgan fingerprint density at radius 2 is 1.67 bits per heavy atom. The van der Waals surface area contributed by atoms with E-state index < -0.39 is 0 Å². The first kappa shape index (κ1) is 22.0. The standard InChI is InChI=1S/C17H31N3O2.2ClH/c1-22-14-17(6-8-18-9-7-17)16(21)20-12-10-19(11-13-20)15-4-2-3-5-15;;/h15,18H,2-14H2,1H3;2*1H. The molecule has 0 aromatic rings. The second kappa shape index (κ2) is 10.2. The molecule has 3 rings (SSSR count). The first-order valence-corrected chi connectivity index (χ1v) is 8.98. The fraction of sp³-hybridized carbons (Fsp3) is 0.941. The van der Waals surface area contributed by atoms with E-state index >= 15 is 0 Å². The molecular formula is C17H33Cl2N3O2. The highest BCUT2D eigenvalue weighted by Gasteiger charge is 2.43. The van der Waals surface area contributed by atoms with E-state index in [0.29, 0.717) is 12.5 Å². The number of methoxy groups -OCH3 is 1. The number of rotatable bonds is 4. The summed E-state index contributed by atoms with van der Waals surface area (Å²) < 4.78 is 5.41. The zero-order valence-corrected chi connectivity index (χ0v) is 16.4. The van der Waals surface area contributed by atoms with Gasteiger partial charge in [-0.3, -0.25) is 9.69 Å². The Kier molecular flexibility index (Phi) is 9.31. The second-order valence-corrected chi connectivity index (χ2v) is 7.23. The molecule has 0 aromatic heterocycles. The van der Waals surface area contributed by atoms with Crippen LogP contribution in [0.1, 0.15) is 38.5 Å². The molecule has 0 spiro atoms. The third-order valence-electron chi connectivity index (χ3n) is 5.88. The van der Waals surface area contributed by atoms with Gasteiger partial charge in [0.15, 0.2) is 0 Å². The Hall–Kier alpha value is -0.0700. The van der Waals surface area contributed by atoms with Gasteiger partial charge >= 0.3 is 0 Å². The van der Waals surface area contributed by atoms with E-state index in [2.05, 4.69) is 15.1 Å². The van der Waals surface area contributed by atoms with E-state index in [4.69, 9.17) is 4.74 Å². The van der Waals surface area contributed by atoms with Crippen LogP contribution in [0.2, 0.25) is 0 Å². The van der Waals surface area contributed by atoms with Crippen molar-refractivity contribution >= 4 is 30.7 Å². The maximum Gasteiger partial charge on any atom is 0.231 e. The molecule has 142 valence electrons. The highest BCUT2D eigenvalue weighted by molar-refractivity contribution is 5.85. The first-order chi connectivity index (χ1) is 10.7. The number of hydrogen-bond donors (Lipinski definition) is 1. The molecule has 1 aliphatic carbocycles. The lowest BCUT2D eigenvalue weighted by atomic mass is 9.78. The molecule has 7 heteroatoms. The van der Waals surface area contributed by atoms with Gasteiger partial charge in [-0.15, -0.1) is 24.8 Å². The van der Waals surface area contributed by atoms with Crippen LogP contribution in [0.4, 0.5) is 0 Å². The largest absolute Gasteiger partial charge is 0.384 e. The van der Waals surface area contributed by atoms with Gasteiger partial charge in [0.25, 0.3) is 0 Å². The number of hydrogen-bond acceptors (Lipinski definition) is 4. The summed E-state index contributed by atoms with van der Waals surface area (Å²) in [4.78, 5) is 17.8. The zero-order chi connectivity index (χ0) is 15.4. The Labute approximate surface area is 158 Å². The van der Waals surface area contributed by atoms with E-state index in [-0.39, 0.29) is 30.2 Å². The zero-order valence-electron chi connectivity index (χ0n) is 14.8. The summed E-state index contributed by atoms with van der Waals surface area (Å²) in [6.07, 6.45) is 7.28. The van der Waals surface area contributed by atoms with Crippen molar-refractivity contribution in [2.45, 2.75) is 44.6 Å². The third-order valence-corrected chi connectivity index (χ3v) is 5.88. The van der Waals surface area contributed by atoms with Gasteiger partial charge in [-0.25, -0.2) is 0 Å². The summed E-state index contributed by atoms with van der Waals surface area (Å²) in [6, 6.07) is 0.782. The number of carbonyl (C=O) groups is 1. The summed E-state index contributed by atoms with van der Waals surface area (Å²) in [7, 11) is 1.72. The summed E-state index contributed by atoms with van der Waals surface area (Å²) in [6.45, 7) is 6.32. The molecule has 1 saturated carbocycles. The molecule has 5 nitrogen and oxygen atoms in total. The fourth-order valence-electron chi connectivity index (χ4n) is 4.50. The number of amides is 1. The maximum absolute atomic E-state index is 13.1. The van der Waals surface area contributed by atoms with E-state index in [1.165, 1.54) is 25.7 Å². The first-order valence-electron chi connectivity index (χ1n) is 8.98. The number of nitrogens with zero attached hydrogens (tertiary/aromatic N) is 2. The van der Waals surface area contributed by atoms with Crippen LogP contribution in [0.15, 0.2) is 0 Å². The van der Waals surface area contributed by atoms with Crippen LogP contribution in [0, 0.1) is 5.41 Å². The summed E-state index contributed by atoms with van der Waals surface area (Å²) >= 11 is 0. The van der Waals surface area contributed by atoms with Crippen molar-refractivity contribution in [3.05, 3.63) is 0 Å². The van der Waals surface area contributed by atoms with Crippen molar-refractivity contribution in [2.24, 2.45) is 5.41 Å². The van der Waals surface area contributed by atoms with Crippen molar-refractivity contribution in [1.29, 1.82) is 0 Å². The molecule has 0 unspecified atom stereocenters. The predicted molar refractivity (Wildman–Crippen MR) is 101 cm³/mol. The van der Waals surface area contributed by atoms with Gasteiger partial charge in [0, 0.05) is 39.3 Å². The topological polar surface area (TPSA) is 44.8 Å². The molecule has 0 radical (unpaired) electrons. The van der Waals surface area contributed by atoms with Crippen LogP contribution in [0.3, 0.4) is 0 Å². The van der Waals surface area contributed by atoms with E-state index in [9.17, 15) is 4.79 Å². The molecule has 1 N–H and O–H groups in total. The normalized spacial score (nSPS) is 25.0. The summed E-state index contributed by atoms with van der Waals surface area (Å²) in [5.74, 6) is 0.335. The van der Waals surface area contributed by atoms with Gasteiger partial charge < -0.3 is 15.0 Å². The molecule has 2 aliphatic heterocycles. The highest BCUT2D eigenvalue weighted by Crippen LogP contribution is 2.32. The Morgan fingerprint density at radius 1 is 1.08 bits per heavy atom. The van der Waals surface area contributed by atoms with E-state index in [1.54, 1.807) is 7.11 Å². The van der Waals surface area contributed by atoms with Crippen molar-refractivity contribution in [1.82, 2.24) is 15.1 Å². The van der Waals surface area contributed by atoms with Crippen LogP contribution in [-0.2, 0) is 9.53 Å². The van der Waals surface area contributed by atoms with Gasteiger partial charge in [-0.1, -0.05) is 12.8 Å². The van der Waals surface area contributed by atoms with Crippen molar-refractivity contribution in [3.63, 3.8) is 0 Å². The van der Waals surface area contributed by atoms with E-state index in [0.717, 1.165) is 58.2 Å². The molecule has 1 amide bonds. The smallest absolute Gasteiger partial charge is 0.231 e. The molecule has 2 heterocycles. The van der Waals surface area contributed by atoms with Gasteiger partial charge in [-0.2, -0.15) is 0 Å². The summed E-state index contributed by atoms with van der Waals surface area (Å²) in [5.41, 5.74) is -0.282. The fourth-order valence-corrected chi connectivity index (χ4v) is 4.50. The minimum Gasteiger partial charge on any atom is -0.384 e. The number of ether oxygens (including phenoxy) is 1. The lowest BCUT2D eigenvalue weighted by Gasteiger charge is -2.43. The number of nitrogens with one attached hydrogen (secondary N) is 1. The molecule has 24 heavy (non-hydrogen) atoms. The van der Waals surface area contributed by atoms with Gasteiger partial charge in [0.2, 0.25) is 5.91 Å². The number of piperidine rings is 1. The Bertz CT molecular complexity index is 373. The van der Waals surface area contributed by atoms with Crippen molar-refractivity contribution < 1.29 is 9.53 Å². The van der Waals surface area contributed by atoms with Crippen LogP contribution < -0.4 is 5.32 Å². The SMILES string of the molecule is COCC1(C(=O)N2CCN(C3CCCC3)CC2)CCNCC1.Cl.Cl. The van der Waals surface area contributed by atoms with Crippen LogP contribution in [-0.4, -0.2) is 74.7 Å². The molecule has 0 aromatic carbocycles. The van der Waals surface area contributed by atoms with Crippen LogP contribution >= 0.6 is 24.8 Å². The lowest BCUT2D eigenvalue weighted by Crippen LogP contribution is -2.57.